The third-order valence-corrected chi connectivity index (χ3v) is 6.62. The van der Waals surface area contributed by atoms with Crippen molar-refractivity contribution in [3.8, 4) is 0 Å². The first-order valence-corrected chi connectivity index (χ1v) is 11.2. The maximum Gasteiger partial charge on any atom is 0.187 e. The van der Waals surface area contributed by atoms with Crippen LogP contribution < -0.4 is 0 Å². The van der Waals surface area contributed by atoms with Gasteiger partial charge in [0, 0.05) is 18.8 Å². The normalized spacial score (nSPS) is 43.1. The SMILES string of the molecule is CC1(C)CC(=O)C(=CCC2C(O)OC(CO)[C@H](O[C@@H]3OC(CO)[C@H](O)[C@H](O)C3O)[C@@H]2O)C(=O)C1. The molecule has 0 aromatic heterocycles. The van der Waals surface area contributed by atoms with Gasteiger partial charge in [-0.05, 0) is 11.8 Å². The fourth-order valence-electron chi connectivity index (χ4n) is 4.65. The minimum absolute atomic E-state index is 0.00518. The number of Topliss-reactive ketones (excluding diaryl/α,β-unsaturated/α-hetero) is 2. The molecule has 2 heterocycles. The molecule has 3 fully saturated rings. The zero-order valence-electron chi connectivity index (χ0n) is 19.1. The molecule has 10 atom stereocenters. The van der Waals surface area contributed by atoms with Crippen molar-refractivity contribution in [1.82, 2.24) is 0 Å². The molecule has 7 N–H and O–H groups in total. The van der Waals surface area contributed by atoms with Gasteiger partial charge in [0.2, 0.25) is 0 Å². The number of aliphatic hydroxyl groups excluding tert-OH is 7. The highest BCUT2D eigenvalue weighted by Crippen LogP contribution is 2.36. The van der Waals surface area contributed by atoms with Gasteiger partial charge in [0.25, 0.3) is 0 Å². The number of hydrogen-bond donors (Lipinski definition) is 7. The van der Waals surface area contributed by atoms with E-state index in [-0.39, 0.29) is 36.4 Å². The smallest absolute Gasteiger partial charge is 0.187 e. The largest absolute Gasteiger partial charge is 0.394 e. The third kappa shape index (κ3) is 5.57. The summed E-state index contributed by atoms with van der Waals surface area (Å²) in [6, 6.07) is 0. The van der Waals surface area contributed by atoms with Crippen LogP contribution in [0.5, 0.6) is 0 Å². The molecule has 12 nitrogen and oxygen atoms in total. The lowest BCUT2D eigenvalue weighted by Gasteiger charge is -2.46. The Morgan fingerprint density at radius 3 is 2.03 bits per heavy atom. The Morgan fingerprint density at radius 2 is 1.47 bits per heavy atom. The molecular formula is C22H34O12. The van der Waals surface area contributed by atoms with E-state index < -0.39 is 79.9 Å². The first-order valence-electron chi connectivity index (χ1n) is 11.2. The van der Waals surface area contributed by atoms with E-state index in [0.717, 1.165) is 0 Å². The molecule has 0 spiro atoms. The number of aliphatic hydroxyl groups is 7. The predicted octanol–water partition coefficient (Wildman–Crippen LogP) is -2.87. The molecule has 0 aromatic carbocycles. The van der Waals surface area contributed by atoms with Crippen LogP contribution in [0.2, 0.25) is 0 Å². The summed E-state index contributed by atoms with van der Waals surface area (Å²) in [7, 11) is 0. The maximum absolute atomic E-state index is 12.4. The number of carbonyl (C=O) groups excluding carboxylic acids is 2. The molecule has 12 heteroatoms. The van der Waals surface area contributed by atoms with Crippen molar-refractivity contribution in [1.29, 1.82) is 0 Å². The van der Waals surface area contributed by atoms with E-state index in [1.165, 1.54) is 6.08 Å². The van der Waals surface area contributed by atoms with Gasteiger partial charge in [0.15, 0.2) is 24.1 Å². The average Bonchev–Trinajstić information content (AvgIpc) is 2.75. The second-order valence-corrected chi connectivity index (χ2v) is 9.92. The Labute approximate surface area is 196 Å². The molecule has 0 bridgehead atoms. The highest BCUT2D eigenvalue weighted by atomic mass is 16.7. The fraction of sp³-hybridized carbons (Fsp3) is 0.818. The van der Waals surface area contributed by atoms with E-state index in [1.54, 1.807) is 0 Å². The van der Waals surface area contributed by atoms with Crippen molar-refractivity contribution < 1.29 is 59.5 Å². The number of ketones is 2. The van der Waals surface area contributed by atoms with Crippen molar-refractivity contribution >= 4 is 11.6 Å². The van der Waals surface area contributed by atoms with Gasteiger partial charge in [-0.2, -0.15) is 0 Å². The summed E-state index contributed by atoms with van der Waals surface area (Å²) in [5, 5.41) is 70.4. The van der Waals surface area contributed by atoms with Crippen LogP contribution in [0.25, 0.3) is 0 Å². The molecule has 1 aliphatic carbocycles. The molecule has 0 amide bonds. The van der Waals surface area contributed by atoms with Crippen LogP contribution in [0.15, 0.2) is 11.6 Å². The van der Waals surface area contributed by atoms with Crippen LogP contribution in [0.3, 0.4) is 0 Å². The average molecular weight is 491 g/mol. The molecular weight excluding hydrogens is 456 g/mol. The van der Waals surface area contributed by atoms with E-state index >= 15 is 0 Å². The highest BCUT2D eigenvalue weighted by Gasteiger charge is 2.50. The quantitative estimate of drug-likeness (QED) is 0.148. The molecule has 194 valence electrons. The minimum atomic E-state index is -1.75. The van der Waals surface area contributed by atoms with Crippen LogP contribution in [0.1, 0.15) is 33.1 Å². The van der Waals surface area contributed by atoms with Crippen molar-refractivity contribution in [3.05, 3.63) is 11.6 Å². The van der Waals surface area contributed by atoms with Gasteiger partial charge in [0.05, 0.1) is 24.9 Å². The van der Waals surface area contributed by atoms with Crippen molar-refractivity contribution in [2.45, 2.75) is 88.4 Å². The summed E-state index contributed by atoms with van der Waals surface area (Å²) < 4.78 is 16.2. The van der Waals surface area contributed by atoms with E-state index in [0.29, 0.717) is 0 Å². The summed E-state index contributed by atoms with van der Waals surface area (Å²) in [6.07, 6.45) is -12.0. The summed E-state index contributed by atoms with van der Waals surface area (Å²) in [6.45, 7) is 2.26. The summed E-state index contributed by atoms with van der Waals surface area (Å²) >= 11 is 0. The van der Waals surface area contributed by atoms with Gasteiger partial charge < -0.3 is 50.0 Å². The molecule has 3 rings (SSSR count). The number of hydrogen-bond acceptors (Lipinski definition) is 12. The van der Waals surface area contributed by atoms with E-state index in [4.69, 9.17) is 14.2 Å². The molecule has 2 saturated heterocycles. The Kier molecular flexibility index (Phi) is 8.62. The Morgan fingerprint density at radius 1 is 0.882 bits per heavy atom. The number of rotatable bonds is 6. The summed E-state index contributed by atoms with van der Waals surface area (Å²) in [4.78, 5) is 24.8. The molecule has 5 unspecified atom stereocenters. The maximum atomic E-state index is 12.4. The van der Waals surface area contributed by atoms with Crippen LogP contribution in [-0.4, -0.2) is 116 Å². The van der Waals surface area contributed by atoms with Crippen LogP contribution in [-0.2, 0) is 23.8 Å². The summed E-state index contributed by atoms with van der Waals surface area (Å²) in [5.41, 5.74) is -0.452. The van der Waals surface area contributed by atoms with Crippen molar-refractivity contribution in [2.75, 3.05) is 13.2 Å². The lowest BCUT2D eigenvalue weighted by molar-refractivity contribution is -0.350. The first-order chi connectivity index (χ1) is 15.9. The highest BCUT2D eigenvalue weighted by molar-refractivity contribution is 6.22. The molecule has 3 aliphatic rings. The van der Waals surface area contributed by atoms with Gasteiger partial charge in [-0.3, -0.25) is 9.59 Å². The molecule has 0 radical (unpaired) electrons. The Balaban J connectivity index is 1.76. The fourth-order valence-corrected chi connectivity index (χ4v) is 4.65. The zero-order chi connectivity index (χ0) is 25.4. The van der Waals surface area contributed by atoms with Gasteiger partial charge in [-0.15, -0.1) is 0 Å². The van der Waals surface area contributed by atoms with Crippen LogP contribution in [0, 0.1) is 11.3 Å². The van der Waals surface area contributed by atoms with E-state index in [2.05, 4.69) is 0 Å². The van der Waals surface area contributed by atoms with Crippen LogP contribution in [0.4, 0.5) is 0 Å². The number of ether oxygens (including phenoxy) is 3. The monoisotopic (exact) mass is 490 g/mol. The zero-order valence-corrected chi connectivity index (χ0v) is 19.1. The molecule has 2 aliphatic heterocycles. The van der Waals surface area contributed by atoms with E-state index in [9.17, 15) is 45.3 Å². The third-order valence-electron chi connectivity index (χ3n) is 6.62. The molecule has 0 aromatic rings. The number of carbonyl (C=O) groups is 2. The molecule has 34 heavy (non-hydrogen) atoms. The lowest BCUT2D eigenvalue weighted by Crippen LogP contribution is -2.63. The van der Waals surface area contributed by atoms with Crippen LogP contribution >= 0.6 is 0 Å². The second-order valence-electron chi connectivity index (χ2n) is 9.92. The van der Waals surface area contributed by atoms with Gasteiger partial charge in [0.1, 0.15) is 36.6 Å². The van der Waals surface area contributed by atoms with Gasteiger partial charge >= 0.3 is 0 Å². The Hall–Kier alpha value is -1.32. The van der Waals surface area contributed by atoms with Crippen molar-refractivity contribution in [2.24, 2.45) is 11.3 Å². The van der Waals surface area contributed by atoms with E-state index in [1.807, 2.05) is 13.8 Å². The molecule has 1 saturated carbocycles. The first kappa shape index (κ1) is 27.3. The van der Waals surface area contributed by atoms with Crippen molar-refractivity contribution in [3.63, 3.8) is 0 Å². The number of allylic oxidation sites excluding steroid dienone is 2. The van der Waals surface area contributed by atoms with Gasteiger partial charge in [-0.1, -0.05) is 19.9 Å². The predicted molar refractivity (Wildman–Crippen MR) is 112 cm³/mol. The minimum Gasteiger partial charge on any atom is -0.394 e. The van der Waals surface area contributed by atoms with Gasteiger partial charge in [-0.25, -0.2) is 0 Å². The standard InChI is InChI=1S/C22H34O12/c1-22(2)5-11(25)9(12(26)6-22)3-4-10-15(27)19(14(8-24)32-20(10)31)34-21-18(30)17(29)16(28)13(7-23)33-21/h3,10,13-21,23-24,27-31H,4-8H2,1-2H3/t10?,13?,14?,15-,16+,17+,18?,19+,20?,21+/m1/s1. The Bertz CT molecular complexity index is 758. The summed E-state index contributed by atoms with van der Waals surface area (Å²) in [5.74, 6) is -1.73. The lowest BCUT2D eigenvalue weighted by atomic mass is 9.73. The topological polar surface area (TPSA) is 203 Å². The second kappa shape index (κ2) is 10.7.